The van der Waals surface area contributed by atoms with Crippen LogP contribution in [0, 0.1) is 0 Å². The molecule has 2 heterocycles. The van der Waals surface area contributed by atoms with Gasteiger partial charge in [-0.15, -0.1) is 0 Å². The van der Waals surface area contributed by atoms with Crippen LogP contribution in [0.25, 0.3) is 11.0 Å². The second-order valence-electron chi connectivity index (χ2n) is 5.81. The predicted molar refractivity (Wildman–Crippen MR) is 76.3 cm³/mol. The third-order valence-corrected chi connectivity index (χ3v) is 3.48. The molecule has 0 unspecified atom stereocenters. The molecule has 0 radical (unpaired) electrons. The highest BCUT2D eigenvalue weighted by atomic mass is 16.6. The molecule has 1 atom stereocenters. The van der Waals surface area contributed by atoms with Crippen LogP contribution in [0.5, 0.6) is 5.75 Å². The van der Waals surface area contributed by atoms with E-state index in [-0.39, 0.29) is 5.97 Å². The average molecular weight is 288 g/mol. The van der Waals surface area contributed by atoms with Crippen molar-refractivity contribution in [2.75, 3.05) is 0 Å². The van der Waals surface area contributed by atoms with Crippen molar-refractivity contribution >= 4 is 16.9 Å². The molecule has 0 fully saturated rings. The van der Waals surface area contributed by atoms with E-state index in [4.69, 9.17) is 13.9 Å². The smallest absolute Gasteiger partial charge is 0.336 e. The van der Waals surface area contributed by atoms with Crippen LogP contribution < -0.4 is 10.4 Å². The number of esters is 1. The zero-order valence-electron chi connectivity index (χ0n) is 12.1. The molecule has 3 rings (SSSR count). The summed E-state index contributed by atoms with van der Waals surface area (Å²) in [6, 6.07) is 6.69. The zero-order chi connectivity index (χ0) is 15.2. The number of fused-ring (bicyclic) bond motifs is 3. The molecule has 0 spiro atoms. The molecule has 2 aromatic rings. The first kappa shape index (κ1) is 13.7. The number of rotatable bonds is 1. The first-order chi connectivity index (χ1) is 9.85. The van der Waals surface area contributed by atoms with Gasteiger partial charge in [-0.25, -0.2) is 4.79 Å². The van der Waals surface area contributed by atoms with Gasteiger partial charge in [-0.05, 0) is 32.0 Å². The molecule has 5 nitrogen and oxygen atoms in total. The van der Waals surface area contributed by atoms with E-state index < -0.39 is 17.3 Å². The van der Waals surface area contributed by atoms with Crippen LogP contribution in [-0.2, 0) is 9.53 Å². The minimum absolute atomic E-state index is 0.376. The second kappa shape index (κ2) is 4.62. The van der Waals surface area contributed by atoms with Crippen LogP contribution in [0.2, 0.25) is 0 Å². The van der Waals surface area contributed by atoms with Crippen LogP contribution in [0.15, 0.2) is 33.5 Å². The number of benzene rings is 1. The van der Waals surface area contributed by atoms with E-state index in [2.05, 4.69) is 0 Å². The van der Waals surface area contributed by atoms with Gasteiger partial charge in [0.2, 0.25) is 0 Å². The highest BCUT2D eigenvalue weighted by Gasteiger charge is 2.37. The molecule has 1 aliphatic rings. The van der Waals surface area contributed by atoms with Crippen LogP contribution >= 0.6 is 0 Å². The second-order valence-corrected chi connectivity index (χ2v) is 5.81. The third-order valence-electron chi connectivity index (χ3n) is 3.48. The van der Waals surface area contributed by atoms with Gasteiger partial charge in [-0.2, -0.15) is 0 Å². The molecule has 21 heavy (non-hydrogen) atoms. The predicted octanol–water partition coefficient (Wildman–Crippen LogP) is 2.96. The molecule has 1 aliphatic heterocycles. The first-order valence-electron chi connectivity index (χ1n) is 6.79. The van der Waals surface area contributed by atoms with Crippen molar-refractivity contribution in [2.24, 2.45) is 0 Å². The minimum Gasteiger partial charge on any atom is -0.487 e. The summed E-state index contributed by atoms with van der Waals surface area (Å²) < 4.78 is 16.7. The average Bonchev–Trinajstić information content (AvgIpc) is 2.35. The Hall–Kier alpha value is -2.30. The maximum atomic E-state index is 11.5. The maximum Gasteiger partial charge on any atom is 0.336 e. The summed E-state index contributed by atoms with van der Waals surface area (Å²) >= 11 is 0. The Morgan fingerprint density at radius 1 is 1.29 bits per heavy atom. The lowest BCUT2D eigenvalue weighted by Crippen LogP contribution is -2.36. The number of hydrogen-bond acceptors (Lipinski definition) is 5. The number of ether oxygens (including phenoxy) is 2. The summed E-state index contributed by atoms with van der Waals surface area (Å²) in [5.74, 6) is 0.207. The van der Waals surface area contributed by atoms with Crippen molar-refractivity contribution in [2.45, 2.75) is 38.9 Å². The molecule has 0 saturated carbocycles. The number of carbonyl (C=O) groups is 1. The van der Waals surface area contributed by atoms with Crippen molar-refractivity contribution in [3.8, 4) is 5.75 Å². The fourth-order valence-electron chi connectivity index (χ4n) is 2.72. The first-order valence-corrected chi connectivity index (χ1v) is 6.79. The lowest BCUT2D eigenvalue weighted by atomic mass is 9.90. The molecule has 0 bridgehead atoms. The summed E-state index contributed by atoms with van der Waals surface area (Å²) in [4.78, 5) is 22.9. The molecular formula is C16H16O5. The Bertz CT molecular complexity index is 772. The van der Waals surface area contributed by atoms with Gasteiger partial charge in [-0.1, -0.05) is 0 Å². The van der Waals surface area contributed by atoms with Crippen LogP contribution in [-0.4, -0.2) is 11.6 Å². The Balaban J connectivity index is 2.26. The summed E-state index contributed by atoms with van der Waals surface area (Å²) in [7, 11) is 0. The van der Waals surface area contributed by atoms with Crippen LogP contribution in [0.3, 0.4) is 0 Å². The van der Waals surface area contributed by atoms with Gasteiger partial charge in [0.25, 0.3) is 0 Å². The molecule has 1 aromatic heterocycles. The molecule has 0 amide bonds. The monoisotopic (exact) mass is 288 g/mol. The lowest BCUT2D eigenvalue weighted by molar-refractivity contribution is -0.150. The number of carbonyl (C=O) groups excluding carboxylic acids is 1. The standard InChI is InChI=1S/C16H16O5/c1-9(17)19-12-8-16(2,3)21-11-6-4-10-5-7-13(18)20-15(10)14(11)12/h4-7,12H,8H2,1-3H3/t12-/m0/s1. The van der Waals surface area contributed by atoms with Gasteiger partial charge < -0.3 is 13.9 Å². The Kier molecular flexibility index (Phi) is 3.01. The third kappa shape index (κ3) is 2.51. The molecule has 1 aromatic carbocycles. The van der Waals surface area contributed by atoms with E-state index >= 15 is 0 Å². The fraction of sp³-hybridized carbons (Fsp3) is 0.375. The van der Waals surface area contributed by atoms with Crippen molar-refractivity contribution in [1.82, 2.24) is 0 Å². The van der Waals surface area contributed by atoms with E-state index in [1.165, 1.54) is 13.0 Å². The Labute approximate surface area is 121 Å². The van der Waals surface area contributed by atoms with E-state index in [1.54, 1.807) is 6.07 Å². The van der Waals surface area contributed by atoms with Crippen LogP contribution in [0.4, 0.5) is 0 Å². The van der Waals surface area contributed by atoms with Crippen molar-refractivity contribution in [1.29, 1.82) is 0 Å². The van der Waals surface area contributed by atoms with E-state index in [9.17, 15) is 9.59 Å². The Morgan fingerprint density at radius 2 is 2.00 bits per heavy atom. The summed E-state index contributed by atoms with van der Waals surface area (Å²) in [6.07, 6.45) is 0.00704. The normalized spacial score (nSPS) is 19.7. The van der Waals surface area contributed by atoms with Gasteiger partial charge in [0.05, 0.1) is 5.56 Å². The maximum absolute atomic E-state index is 11.5. The van der Waals surface area contributed by atoms with E-state index in [0.29, 0.717) is 23.3 Å². The fourth-order valence-corrected chi connectivity index (χ4v) is 2.72. The molecule has 0 N–H and O–H groups in total. The highest BCUT2D eigenvalue weighted by molar-refractivity contribution is 5.83. The molecular weight excluding hydrogens is 272 g/mol. The summed E-state index contributed by atoms with van der Waals surface area (Å²) in [5.41, 5.74) is 0.138. The zero-order valence-corrected chi connectivity index (χ0v) is 12.1. The molecule has 110 valence electrons. The van der Waals surface area contributed by atoms with E-state index in [1.807, 2.05) is 26.0 Å². The lowest BCUT2D eigenvalue weighted by Gasteiger charge is -2.37. The Morgan fingerprint density at radius 3 is 2.71 bits per heavy atom. The topological polar surface area (TPSA) is 65.7 Å². The molecule has 0 saturated heterocycles. The van der Waals surface area contributed by atoms with Gasteiger partial charge >= 0.3 is 11.6 Å². The summed E-state index contributed by atoms with van der Waals surface area (Å²) in [6.45, 7) is 5.22. The van der Waals surface area contributed by atoms with E-state index in [0.717, 1.165) is 5.39 Å². The SMILES string of the molecule is CC(=O)O[C@H]1CC(C)(C)Oc2ccc3ccc(=O)oc3c21. The quantitative estimate of drug-likeness (QED) is 0.596. The van der Waals surface area contributed by atoms with Crippen molar-refractivity contribution in [3.63, 3.8) is 0 Å². The van der Waals surface area contributed by atoms with Gasteiger partial charge in [0.15, 0.2) is 0 Å². The molecule has 0 aliphatic carbocycles. The highest BCUT2D eigenvalue weighted by Crippen LogP contribution is 2.44. The van der Waals surface area contributed by atoms with Crippen molar-refractivity contribution in [3.05, 3.63) is 40.2 Å². The van der Waals surface area contributed by atoms with Gasteiger partial charge in [0.1, 0.15) is 23.0 Å². The van der Waals surface area contributed by atoms with Crippen LogP contribution in [0.1, 0.15) is 38.9 Å². The largest absolute Gasteiger partial charge is 0.487 e. The minimum atomic E-state index is -0.490. The van der Waals surface area contributed by atoms with Gasteiger partial charge in [-0.3, -0.25) is 4.79 Å². The summed E-state index contributed by atoms with van der Waals surface area (Å²) in [5, 5.41) is 0.772. The van der Waals surface area contributed by atoms with Gasteiger partial charge in [0, 0.05) is 24.8 Å². The number of hydrogen-bond donors (Lipinski definition) is 0. The molecule has 5 heteroatoms. The van der Waals surface area contributed by atoms with Crippen molar-refractivity contribution < 1.29 is 18.7 Å².